The number of benzene rings is 1. The largest absolute Gasteiger partial charge is 0.380 e. The molecule has 1 heterocycles. The third-order valence-electron chi connectivity index (χ3n) is 4.34. The quantitative estimate of drug-likeness (QED) is 0.921. The molecular weight excluding hydrogens is 255 g/mol. The zero-order chi connectivity index (χ0) is 14.7. The third kappa shape index (κ3) is 3.19. The zero-order valence-corrected chi connectivity index (χ0v) is 12.6. The Morgan fingerprint density at radius 1 is 1.40 bits per heavy atom. The number of nitrogens with zero attached hydrogens (tertiary/aromatic N) is 1. The van der Waals surface area contributed by atoms with Crippen LogP contribution in [0.2, 0.25) is 0 Å². The van der Waals surface area contributed by atoms with Crippen LogP contribution >= 0.6 is 0 Å². The summed E-state index contributed by atoms with van der Waals surface area (Å²) in [4.78, 5) is 2.26. The predicted octanol–water partition coefficient (Wildman–Crippen LogP) is 2.57. The Morgan fingerprint density at radius 2 is 2.10 bits per heavy atom. The van der Waals surface area contributed by atoms with Gasteiger partial charge in [0.2, 0.25) is 0 Å². The first-order chi connectivity index (χ1) is 9.54. The summed E-state index contributed by atoms with van der Waals surface area (Å²) in [6.07, 6.45) is 1.24. The number of ether oxygens (including phenoxy) is 1. The first-order valence-electron chi connectivity index (χ1n) is 7.31. The lowest BCUT2D eigenvalue weighted by Gasteiger charge is -2.42. The van der Waals surface area contributed by atoms with E-state index < -0.39 is 0 Å². The number of nitrogens with two attached hydrogens (primary N) is 1. The molecule has 4 heteroatoms. The van der Waals surface area contributed by atoms with Gasteiger partial charge in [-0.25, -0.2) is 4.39 Å². The van der Waals surface area contributed by atoms with Gasteiger partial charge in [-0.2, -0.15) is 0 Å². The van der Waals surface area contributed by atoms with Gasteiger partial charge in [0.1, 0.15) is 5.82 Å². The number of piperidine rings is 1. The second-order valence-electron chi connectivity index (χ2n) is 5.86. The SMILES string of the molecule is COC1CN(C(c2ccccc2F)C(C)N)CCC1C. The first-order valence-corrected chi connectivity index (χ1v) is 7.31. The molecule has 112 valence electrons. The lowest BCUT2D eigenvalue weighted by atomic mass is 9.91. The fraction of sp³-hybridized carbons (Fsp3) is 0.625. The number of hydrogen-bond donors (Lipinski definition) is 1. The summed E-state index contributed by atoms with van der Waals surface area (Å²) in [5.41, 5.74) is 6.83. The van der Waals surface area contributed by atoms with Crippen molar-refractivity contribution in [3.63, 3.8) is 0 Å². The van der Waals surface area contributed by atoms with E-state index in [0.717, 1.165) is 19.5 Å². The molecule has 1 aliphatic heterocycles. The van der Waals surface area contributed by atoms with Crippen molar-refractivity contribution in [2.24, 2.45) is 11.7 Å². The minimum absolute atomic E-state index is 0.0960. The average Bonchev–Trinajstić information content (AvgIpc) is 2.42. The van der Waals surface area contributed by atoms with Crippen LogP contribution in [0.25, 0.3) is 0 Å². The molecule has 1 aliphatic rings. The standard InChI is InChI=1S/C16H25FN2O/c1-11-8-9-19(10-15(11)20-3)16(12(2)18)13-6-4-5-7-14(13)17/h4-7,11-12,15-16H,8-10,18H2,1-3H3. The highest BCUT2D eigenvalue weighted by atomic mass is 19.1. The van der Waals surface area contributed by atoms with Crippen molar-refractivity contribution in [1.29, 1.82) is 0 Å². The van der Waals surface area contributed by atoms with Crippen molar-refractivity contribution in [2.75, 3.05) is 20.2 Å². The summed E-state index contributed by atoms with van der Waals surface area (Å²) in [5, 5.41) is 0. The molecule has 0 radical (unpaired) electrons. The van der Waals surface area contributed by atoms with Gasteiger partial charge in [-0.15, -0.1) is 0 Å². The van der Waals surface area contributed by atoms with Crippen LogP contribution in [0.4, 0.5) is 4.39 Å². The second-order valence-corrected chi connectivity index (χ2v) is 5.86. The summed E-state index contributed by atoms with van der Waals surface area (Å²) in [5.74, 6) is 0.355. The van der Waals surface area contributed by atoms with Gasteiger partial charge in [0.15, 0.2) is 0 Å². The summed E-state index contributed by atoms with van der Waals surface area (Å²) in [6, 6.07) is 6.70. The predicted molar refractivity (Wildman–Crippen MR) is 78.9 cm³/mol. The Bertz CT molecular complexity index is 438. The van der Waals surface area contributed by atoms with E-state index in [2.05, 4.69) is 11.8 Å². The van der Waals surface area contributed by atoms with E-state index in [1.54, 1.807) is 13.2 Å². The molecule has 1 aromatic rings. The molecule has 1 aromatic carbocycles. The van der Waals surface area contributed by atoms with E-state index in [1.165, 1.54) is 6.07 Å². The monoisotopic (exact) mass is 280 g/mol. The Morgan fingerprint density at radius 3 is 2.70 bits per heavy atom. The van der Waals surface area contributed by atoms with E-state index in [4.69, 9.17) is 10.5 Å². The van der Waals surface area contributed by atoms with Crippen molar-refractivity contribution in [1.82, 2.24) is 4.90 Å². The van der Waals surface area contributed by atoms with Gasteiger partial charge in [-0.05, 0) is 31.9 Å². The minimum Gasteiger partial charge on any atom is -0.380 e. The highest BCUT2D eigenvalue weighted by Crippen LogP contribution is 2.31. The highest BCUT2D eigenvalue weighted by molar-refractivity contribution is 5.23. The van der Waals surface area contributed by atoms with Crippen LogP contribution in [-0.4, -0.2) is 37.2 Å². The molecular formula is C16H25FN2O. The maximum absolute atomic E-state index is 14.1. The van der Waals surface area contributed by atoms with E-state index in [0.29, 0.717) is 11.5 Å². The maximum atomic E-state index is 14.1. The van der Waals surface area contributed by atoms with Gasteiger partial charge in [0.25, 0.3) is 0 Å². The van der Waals surface area contributed by atoms with Crippen molar-refractivity contribution in [2.45, 2.75) is 38.5 Å². The van der Waals surface area contributed by atoms with Crippen LogP contribution in [0.15, 0.2) is 24.3 Å². The molecule has 0 bridgehead atoms. The number of hydrogen-bond acceptors (Lipinski definition) is 3. The van der Waals surface area contributed by atoms with Crippen LogP contribution in [0.5, 0.6) is 0 Å². The van der Waals surface area contributed by atoms with E-state index in [-0.39, 0.29) is 24.0 Å². The summed E-state index contributed by atoms with van der Waals surface area (Å²) in [6.45, 7) is 5.88. The van der Waals surface area contributed by atoms with Crippen molar-refractivity contribution in [3.8, 4) is 0 Å². The lowest BCUT2D eigenvalue weighted by molar-refractivity contribution is -0.0229. The van der Waals surface area contributed by atoms with Crippen LogP contribution < -0.4 is 5.73 Å². The lowest BCUT2D eigenvalue weighted by Crippen LogP contribution is -2.49. The molecule has 0 saturated carbocycles. The first kappa shape index (κ1) is 15.4. The Balaban J connectivity index is 2.24. The molecule has 20 heavy (non-hydrogen) atoms. The number of halogens is 1. The zero-order valence-electron chi connectivity index (χ0n) is 12.6. The topological polar surface area (TPSA) is 38.5 Å². The Hall–Kier alpha value is -0.970. The summed E-state index contributed by atoms with van der Waals surface area (Å²) < 4.78 is 19.7. The molecule has 3 nitrogen and oxygen atoms in total. The van der Waals surface area contributed by atoms with Crippen LogP contribution in [0.1, 0.15) is 31.9 Å². The molecule has 2 N–H and O–H groups in total. The van der Waals surface area contributed by atoms with Gasteiger partial charge in [-0.3, -0.25) is 4.90 Å². The molecule has 0 amide bonds. The maximum Gasteiger partial charge on any atom is 0.128 e. The van der Waals surface area contributed by atoms with Crippen molar-refractivity contribution < 1.29 is 9.13 Å². The number of likely N-dealkylation sites (tertiary alicyclic amines) is 1. The van der Waals surface area contributed by atoms with Crippen molar-refractivity contribution in [3.05, 3.63) is 35.6 Å². The third-order valence-corrected chi connectivity index (χ3v) is 4.34. The summed E-state index contributed by atoms with van der Waals surface area (Å²) >= 11 is 0. The molecule has 4 unspecified atom stereocenters. The van der Waals surface area contributed by atoms with Crippen LogP contribution in [0, 0.1) is 11.7 Å². The normalized spacial score (nSPS) is 27.2. The molecule has 0 aliphatic carbocycles. The molecule has 0 aromatic heterocycles. The molecule has 2 rings (SSSR count). The van der Waals surface area contributed by atoms with E-state index in [1.807, 2.05) is 19.1 Å². The van der Waals surface area contributed by atoms with Gasteiger partial charge in [0, 0.05) is 25.3 Å². The van der Waals surface area contributed by atoms with Crippen LogP contribution in [0.3, 0.4) is 0 Å². The molecule has 4 atom stereocenters. The van der Waals surface area contributed by atoms with Gasteiger partial charge < -0.3 is 10.5 Å². The number of rotatable bonds is 4. The second kappa shape index (κ2) is 6.66. The van der Waals surface area contributed by atoms with E-state index >= 15 is 0 Å². The summed E-state index contributed by atoms with van der Waals surface area (Å²) in [7, 11) is 1.74. The van der Waals surface area contributed by atoms with Gasteiger partial charge in [0.05, 0.1) is 12.1 Å². The smallest absolute Gasteiger partial charge is 0.128 e. The molecule has 1 saturated heterocycles. The fourth-order valence-electron chi connectivity index (χ4n) is 3.14. The fourth-order valence-corrected chi connectivity index (χ4v) is 3.14. The number of methoxy groups -OCH3 is 1. The highest BCUT2D eigenvalue weighted by Gasteiger charge is 2.33. The van der Waals surface area contributed by atoms with E-state index in [9.17, 15) is 4.39 Å². The molecule has 1 fully saturated rings. The average molecular weight is 280 g/mol. The Kier molecular flexibility index (Phi) is 5.13. The van der Waals surface area contributed by atoms with Gasteiger partial charge in [-0.1, -0.05) is 25.1 Å². The van der Waals surface area contributed by atoms with Crippen LogP contribution in [-0.2, 0) is 4.74 Å². The molecule has 0 spiro atoms. The van der Waals surface area contributed by atoms with Crippen molar-refractivity contribution >= 4 is 0 Å². The minimum atomic E-state index is -0.178. The Labute approximate surface area is 120 Å². The van der Waals surface area contributed by atoms with Gasteiger partial charge >= 0.3 is 0 Å².